The molecule has 1 rings (SSSR count). The van der Waals surface area contributed by atoms with E-state index in [2.05, 4.69) is 9.97 Å². The third-order valence-electron chi connectivity index (χ3n) is 1.35. The highest BCUT2D eigenvalue weighted by atomic mass is 16.5. The zero-order valence-corrected chi connectivity index (χ0v) is 8.10. The molecule has 5 heteroatoms. The van der Waals surface area contributed by atoms with Crippen LogP contribution in [0.15, 0.2) is 12.4 Å². The molecule has 14 heavy (non-hydrogen) atoms. The smallest absolute Gasteiger partial charge is 0.309 e. The van der Waals surface area contributed by atoms with E-state index in [9.17, 15) is 4.79 Å². The molecular formula is C9H12N2O3. The van der Waals surface area contributed by atoms with Crippen LogP contribution in [-0.4, -0.2) is 27.1 Å². The quantitative estimate of drug-likeness (QED) is 0.774. The van der Waals surface area contributed by atoms with Crippen molar-refractivity contribution in [2.75, 3.05) is 0 Å². The van der Waals surface area contributed by atoms with E-state index in [1.807, 2.05) is 13.8 Å². The van der Waals surface area contributed by atoms with Crippen LogP contribution in [0.1, 0.15) is 19.5 Å². The molecule has 1 N–H and O–H groups in total. The van der Waals surface area contributed by atoms with Gasteiger partial charge in [0, 0.05) is 6.20 Å². The second-order valence-corrected chi connectivity index (χ2v) is 3.09. The highest BCUT2D eigenvalue weighted by Gasteiger charge is 2.05. The summed E-state index contributed by atoms with van der Waals surface area (Å²) in [4.78, 5) is 18.2. The van der Waals surface area contributed by atoms with Crippen LogP contribution in [0.3, 0.4) is 0 Å². The molecule has 5 nitrogen and oxygen atoms in total. The van der Waals surface area contributed by atoms with Gasteiger partial charge in [0.15, 0.2) is 0 Å². The number of aromatic nitrogens is 2. The number of aliphatic carboxylic acids is 1. The predicted molar refractivity (Wildman–Crippen MR) is 49.1 cm³/mol. The molecule has 76 valence electrons. The molecule has 0 atom stereocenters. The van der Waals surface area contributed by atoms with E-state index in [-0.39, 0.29) is 12.5 Å². The largest absolute Gasteiger partial charge is 0.481 e. The zero-order valence-electron chi connectivity index (χ0n) is 8.10. The van der Waals surface area contributed by atoms with Gasteiger partial charge in [-0.15, -0.1) is 0 Å². The summed E-state index contributed by atoms with van der Waals surface area (Å²) in [5.41, 5.74) is 0.399. The van der Waals surface area contributed by atoms with Crippen molar-refractivity contribution in [3.63, 3.8) is 0 Å². The minimum Gasteiger partial charge on any atom is -0.481 e. The van der Waals surface area contributed by atoms with Gasteiger partial charge >= 0.3 is 5.97 Å². The lowest BCUT2D eigenvalue weighted by atomic mass is 10.3. The van der Waals surface area contributed by atoms with E-state index in [0.29, 0.717) is 11.6 Å². The van der Waals surface area contributed by atoms with Gasteiger partial charge in [-0.05, 0) is 13.8 Å². The number of carbonyl (C=O) groups is 1. The van der Waals surface area contributed by atoms with Crippen molar-refractivity contribution in [2.45, 2.75) is 26.4 Å². The van der Waals surface area contributed by atoms with Gasteiger partial charge in [-0.2, -0.15) is 0 Å². The Balaban J connectivity index is 2.73. The minimum absolute atomic E-state index is 0.00405. The fraction of sp³-hybridized carbons (Fsp3) is 0.444. The van der Waals surface area contributed by atoms with Crippen molar-refractivity contribution in [1.82, 2.24) is 9.97 Å². The maximum absolute atomic E-state index is 10.4. The molecule has 0 saturated heterocycles. The zero-order chi connectivity index (χ0) is 10.6. The molecule has 0 saturated carbocycles. The first-order valence-electron chi connectivity index (χ1n) is 4.27. The average Bonchev–Trinajstić information content (AvgIpc) is 2.01. The Labute approximate surface area is 81.8 Å². The van der Waals surface area contributed by atoms with E-state index < -0.39 is 5.97 Å². The molecule has 1 aromatic heterocycles. The van der Waals surface area contributed by atoms with Crippen molar-refractivity contribution < 1.29 is 14.6 Å². The fourth-order valence-corrected chi connectivity index (χ4v) is 0.925. The number of hydrogen-bond acceptors (Lipinski definition) is 4. The van der Waals surface area contributed by atoms with Crippen LogP contribution in [0.5, 0.6) is 5.88 Å². The summed E-state index contributed by atoms with van der Waals surface area (Å²) in [6.07, 6.45) is 2.75. The monoisotopic (exact) mass is 196 g/mol. The minimum atomic E-state index is -0.930. The third-order valence-corrected chi connectivity index (χ3v) is 1.35. The molecule has 0 spiro atoms. The molecule has 0 aliphatic rings. The Morgan fingerprint density at radius 1 is 1.57 bits per heavy atom. The Bertz CT molecular complexity index is 326. The summed E-state index contributed by atoms with van der Waals surface area (Å²) in [5.74, 6) is -0.570. The summed E-state index contributed by atoms with van der Waals surface area (Å²) in [7, 11) is 0. The molecule has 0 radical (unpaired) electrons. The molecule has 0 aromatic carbocycles. The van der Waals surface area contributed by atoms with E-state index >= 15 is 0 Å². The van der Waals surface area contributed by atoms with Crippen molar-refractivity contribution in [3.05, 3.63) is 18.1 Å². The Morgan fingerprint density at radius 3 is 2.86 bits per heavy atom. The van der Waals surface area contributed by atoms with Crippen LogP contribution in [0.25, 0.3) is 0 Å². The molecule has 0 bridgehead atoms. The molecular weight excluding hydrogens is 184 g/mol. The maximum Gasteiger partial charge on any atom is 0.309 e. The molecule has 0 aliphatic carbocycles. The van der Waals surface area contributed by atoms with Gasteiger partial charge in [-0.25, -0.2) is 4.98 Å². The summed E-state index contributed by atoms with van der Waals surface area (Å²) in [6, 6.07) is 0. The third kappa shape index (κ3) is 3.38. The normalized spacial score (nSPS) is 10.2. The van der Waals surface area contributed by atoms with Gasteiger partial charge in [0.25, 0.3) is 0 Å². The summed E-state index contributed by atoms with van der Waals surface area (Å²) in [5, 5.41) is 8.53. The predicted octanol–water partition coefficient (Wildman–Crippen LogP) is 0.891. The molecule has 1 aromatic rings. The first-order chi connectivity index (χ1) is 6.58. The standard InChI is InChI=1S/C9H12N2O3/c1-6(2)14-8-5-10-4-7(11-8)3-9(12)13/h4-6H,3H2,1-2H3,(H,12,13). The lowest BCUT2D eigenvalue weighted by Crippen LogP contribution is -2.09. The molecule has 1 heterocycles. The van der Waals surface area contributed by atoms with Crippen molar-refractivity contribution in [3.8, 4) is 5.88 Å². The topological polar surface area (TPSA) is 72.3 Å². The van der Waals surface area contributed by atoms with E-state index in [4.69, 9.17) is 9.84 Å². The number of carboxylic acids is 1. The van der Waals surface area contributed by atoms with Crippen molar-refractivity contribution >= 4 is 5.97 Å². The molecule has 0 amide bonds. The molecule has 0 unspecified atom stereocenters. The maximum atomic E-state index is 10.4. The summed E-state index contributed by atoms with van der Waals surface area (Å²) < 4.78 is 5.27. The Morgan fingerprint density at radius 2 is 2.29 bits per heavy atom. The second kappa shape index (κ2) is 4.55. The highest BCUT2D eigenvalue weighted by Crippen LogP contribution is 2.07. The first kappa shape index (κ1) is 10.4. The first-order valence-corrected chi connectivity index (χ1v) is 4.27. The summed E-state index contributed by atoms with van der Waals surface area (Å²) >= 11 is 0. The molecule has 0 aliphatic heterocycles. The SMILES string of the molecule is CC(C)Oc1cncc(CC(=O)O)n1. The van der Waals surface area contributed by atoms with Gasteiger partial charge in [-0.1, -0.05) is 0 Å². The van der Waals surface area contributed by atoms with Gasteiger partial charge in [0.05, 0.1) is 24.4 Å². The average molecular weight is 196 g/mol. The molecule has 0 fully saturated rings. The lowest BCUT2D eigenvalue weighted by Gasteiger charge is -2.08. The lowest BCUT2D eigenvalue weighted by molar-refractivity contribution is -0.136. The van der Waals surface area contributed by atoms with E-state index in [1.165, 1.54) is 12.4 Å². The van der Waals surface area contributed by atoms with Gasteiger partial charge in [0.2, 0.25) is 5.88 Å². The van der Waals surface area contributed by atoms with Crippen LogP contribution < -0.4 is 4.74 Å². The van der Waals surface area contributed by atoms with Crippen LogP contribution in [0, 0.1) is 0 Å². The van der Waals surface area contributed by atoms with Gasteiger partial charge in [-0.3, -0.25) is 9.78 Å². The Kier molecular flexibility index (Phi) is 3.39. The number of hydrogen-bond donors (Lipinski definition) is 1. The van der Waals surface area contributed by atoms with Gasteiger partial charge in [0.1, 0.15) is 0 Å². The number of nitrogens with zero attached hydrogens (tertiary/aromatic N) is 2. The van der Waals surface area contributed by atoms with Crippen molar-refractivity contribution in [1.29, 1.82) is 0 Å². The second-order valence-electron chi connectivity index (χ2n) is 3.09. The van der Waals surface area contributed by atoms with Crippen molar-refractivity contribution in [2.24, 2.45) is 0 Å². The van der Waals surface area contributed by atoms with Crippen LogP contribution in [0.4, 0.5) is 0 Å². The number of ether oxygens (including phenoxy) is 1. The number of rotatable bonds is 4. The van der Waals surface area contributed by atoms with Crippen LogP contribution in [0.2, 0.25) is 0 Å². The number of carboxylic acid groups (broad SMARTS) is 1. The highest BCUT2D eigenvalue weighted by molar-refractivity contribution is 5.69. The van der Waals surface area contributed by atoms with Gasteiger partial charge < -0.3 is 9.84 Å². The van der Waals surface area contributed by atoms with E-state index in [0.717, 1.165) is 0 Å². The summed E-state index contributed by atoms with van der Waals surface area (Å²) in [6.45, 7) is 3.73. The fourth-order valence-electron chi connectivity index (χ4n) is 0.925. The van der Waals surface area contributed by atoms with Crippen LogP contribution in [-0.2, 0) is 11.2 Å². The van der Waals surface area contributed by atoms with E-state index in [1.54, 1.807) is 0 Å². The van der Waals surface area contributed by atoms with Crippen LogP contribution >= 0.6 is 0 Å². The Hall–Kier alpha value is -1.65.